The van der Waals surface area contributed by atoms with Gasteiger partial charge in [-0.2, -0.15) is 18.4 Å². The Morgan fingerprint density at radius 3 is 2.47 bits per heavy atom. The van der Waals surface area contributed by atoms with E-state index in [-0.39, 0.29) is 5.75 Å². The Morgan fingerprint density at radius 1 is 1.22 bits per heavy atom. The van der Waals surface area contributed by atoms with Crippen LogP contribution in [0.3, 0.4) is 0 Å². The third-order valence-corrected chi connectivity index (χ3v) is 5.69. The summed E-state index contributed by atoms with van der Waals surface area (Å²) in [4.78, 5) is 12.6. The molecular weight excluding hydrogens is 447 g/mol. The van der Waals surface area contributed by atoms with Crippen LogP contribution in [0.4, 0.5) is 13.2 Å². The molecule has 0 saturated heterocycles. The highest BCUT2D eigenvalue weighted by molar-refractivity contribution is 6.30. The SMILES string of the molecule is CC1(C)C(/C=C(\Cl)C(F)(F)F)C1C(=O)OC(C#N)c1cccc(Oc2ccc(O)cc2)c1. The third-order valence-electron chi connectivity index (χ3n) is 5.35. The molecule has 1 fully saturated rings. The van der Waals surface area contributed by atoms with E-state index in [2.05, 4.69) is 0 Å². The third kappa shape index (κ3) is 5.17. The van der Waals surface area contributed by atoms with Gasteiger partial charge in [0.1, 0.15) is 28.4 Å². The van der Waals surface area contributed by atoms with Crippen molar-refractivity contribution in [2.45, 2.75) is 26.1 Å². The molecule has 0 amide bonds. The van der Waals surface area contributed by atoms with Crippen molar-refractivity contribution in [2.24, 2.45) is 17.3 Å². The first kappa shape index (κ1) is 23.5. The quantitative estimate of drug-likeness (QED) is 0.510. The molecule has 168 valence electrons. The topological polar surface area (TPSA) is 79.6 Å². The minimum atomic E-state index is -4.69. The maximum atomic E-state index is 12.7. The van der Waals surface area contributed by atoms with Gasteiger partial charge in [-0.3, -0.25) is 4.79 Å². The van der Waals surface area contributed by atoms with Crippen LogP contribution in [-0.4, -0.2) is 17.3 Å². The van der Waals surface area contributed by atoms with Gasteiger partial charge in [-0.05, 0) is 47.7 Å². The van der Waals surface area contributed by atoms with Gasteiger partial charge in [-0.15, -0.1) is 0 Å². The maximum Gasteiger partial charge on any atom is 0.426 e. The Kier molecular flexibility index (Phi) is 6.42. The average molecular weight is 466 g/mol. The summed E-state index contributed by atoms with van der Waals surface area (Å²) in [6.45, 7) is 3.27. The molecule has 0 aliphatic heterocycles. The van der Waals surface area contributed by atoms with Gasteiger partial charge in [-0.1, -0.05) is 43.7 Å². The monoisotopic (exact) mass is 465 g/mol. The number of phenols is 1. The van der Waals surface area contributed by atoms with Crippen molar-refractivity contribution >= 4 is 17.6 Å². The molecular formula is C23H19ClF3NO4. The molecule has 5 nitrogen and oxygen atoms in total. The second-order valence-electron chi connectivity index (χ2n) is 7.95. The number of hydrogen-bond acceptors (Lipinski definition) is 5. The summed E-state index contributed by atoms with van der Waals surface area (Å²) in [6, 6.07) is 14.2. The molecule has 1 aliphatic carbocycles. The number of hydrogen-bond donors (Lipinski definition) is 1. The molecule has 1 N–H and O–H groups in total. The van der Waals surface area contributed by atoms with E-state index in [1.54, 1.807) is 44.2 Å². The molecule has 9 heteroatoms. The van der Waals surface area contributed by atoms with E-state index in [1.165, 1.54) is 18.2 Å². The Bertz CT molecular complexity index is 1070. The molecule has 1 saturated carbocycles. The summed E-state index contributed by atoms with van der Waals surface area (Å²) in [5.74, 6) is -1.50. The standard InChI is InChI=1S/C23H19ClF3NO4/c1-22(2)17(11-19(24)23(25,26)27)20(22)21(30)32-18(12-28)13-4-3-5-16(10-13)31-15-8-6-14(29)7-9-15/h3-11,17-18,20,29H,1-2H3/b19-11-. The van der Waals surface area contributed by atoms with Crippen LogP contribution in [0.2, 0.25) is 0 Å². The lowest BCUT2D eigenvalue weighted by atomic mass is 10.1. The second-order valence-corrected chi connectivity index (χ2v) is 8.36. The molecule has 3 atom stereocenters. The lowest BCUT2D eigenvalue weighted by Crippen LogP contribution is -2.14. The summed E-state index contributed by atoms with van der Waals surface area (Å²) in [7, 11) is 0. The fraction of sp³-hybridized carbons (Fsp3) is 0.304. The summed E-state index contributed by atoms with van der Waals surface area (Å²) in [5.41, 5.74) is -0.442. The van der Waals surface area contributed by atoms with E-state index in [0.29, 0.717) is 17.1 Å². The molecule has 1 aliphatic rings. The summed E-state index contributed by atoms with van der Waals surface area (Å²) in [5, 5.41) is 17.6. The maximum absolute atomic E-state index is 12.7. The fourth-order valence-electron chi connectivity index (χ4n) is 3.44. The van der Waals surface area contributed by atoms with Crippen molar-refractivity contribution in [1.29, 1.82) is 5.26 Å². The van der Waals surface area contributed by atoms with Gasteiger partial charge in [0, 0.05) is 5.56 Å². The molecule has 2 aromatic rings. The Hall–Kier alpha value is -3.18. The lowest BCUT2D eigenvalue weighted by molar-refractivity contribution is -0.149. The van der Waals surface area contributed by atoms with Crippen LogP contribution in [0.25, 0.3) is 0 Å². The van der Waals surface area contributed by atoms with Crippen LogP contribution in [0, 0.1) is 28.6 Å². The van der Waals surface area contributed by atoms with E-state index in [9.17, 15) is 28.3 Å². The van der Waals surface area contributed by atoms with Crippen LogP contribution < -0.4 is 4.74 Å². The van der Waals surface area contributed by atoms with Crippen molar-refractivity contribution < 1.29 is 32.5 Å². The number of nitriles is 1. The molecule has 0 bridgehead atoms. The predicted molar refractivity (Wildman–Crippen MR) is 110 cm³/mol. The first-order valence-corrected chi connectivity index (χ1v) is 9.92. The predicted octanol–water partition coefficient (Wildman–Crippen LogP) is 6.25. The Balaban J connectivity index is 1.72. The number of ether oxygens (including phenoxy) is 2. The number of rotatable bonds is 6. The number of phenolic OH excluding ortho intramolecular Hbond substituents is 1. The highest BCUT2D eigenvalue weighted by atomic mass is 35.5. The Morgan fingerprint density at radius 2 is 1.88 bits per heavy atom. The minimum absolute atomic E-state index is 0.0789. The highest BCUT2D eigenvalue weighted by Gasteiger charge is 2.62. The van der Waals surface area contributed by atoms with Gasteiger partial charge in [0.15, 0.2) is 0 Å². The molecule has 3 unspecified atom stereocenters. The number of aromatic hydroxyl groups is 1. The number of benzene rings is 2. The van der Waals surface area contributed by atoms with E-state index < -0.39 is 40.5 Å². The smallest absolute Gasteiger partial charge is 0.426 e. The minimum Gasteiger partial charge on any atom is -0.508 e. The van der Waals surface area contributed by atoms with E-state index in [0.717, 1.165) is 6.08 Å². The first-order valence-electron chi connectivity index (χ1n) is 9.55. The van der Waals surface area contributed by atoms with E-state index in [4.69, 9.17) is 21.1 Å². The molecule has 0 heterocycles. The van der Waals surface area contributed by atoms with Crippen LogP contribution in [0.15, 0.2) is 59.6 Å². The number of nitrogens with zero attached hydrogens (tertiary/aromatic N) is 1. The highest BCUT2D eigenvalue weighted by Crippen LogP contribution is 2.60. The van der Waals surface area contributed by atoms with Crippen molar-refractivity contribution in [3.63, 3.8) is 0 Å². The number of alkyl halides is 3. The fourth-order valence-corrected chi connectivity index (χ4v) is 3.58. The number of esters is 1. The van der Waals surface area contributed by atoms with Gasteiger partial charge in [0.25, 0.3) is 0 Å². The molecule has 0 aromatic heterocycles. The zero-order valence-corrected chi connectivity index (χ0v) is 17.8. The van der Waals surface area contributed by atoms with Gasteiger partial charge in [0.2, 0.25) is 6.10 Å². The number of carbonyl (C=O) groups is 1. The van der Waals surface area contributed by atoms with Crippen LogP contribution in [0.5, 0.6) is 17.2 Å². The summed E-state index contributed by atoms with van der Waals surface area (Å²) in [6.07, 6.45) is -5.15. The number of halogens is 4. The zero-order chi connectivity index (χ0) is 23.7. The van der Waals surface area contributed by atoms with Gasteiger partial charge in [0.05, 0.1) is 5.92 Å². The normalized spacial score (nSPS) is 20.7. The Labute approximate surface area is 187 Å². The molecule has 32 heavy (non-hydrogen) atoms. The molecule has 2 aromatic carbocycles. The first-order chi connectivity index (χ1) is 14.9. The van der Waals surface area contributed by atoms with E-state index >= 15 is 0 Å². The van der Waals surface area contributed by atoms with Gasteiger partial charge in [-0.25, -0.2) is 0 Å². The summed E-state index contributed by atoms with van der Waals surface area (Å²) < 4.78 is 49.2. The van der Waals surface area contributed by atoms with Crippen LogP contribution in [-0.2, 0) is 9.53 Å². The van der Waals surface area contributed by atoms with Gasteiger partial charge >= 0.3 is 12.1 Å². The lowest BCUT2D eigenvalue weighted by Gasteiger charge is -2.13. The zero-order valence-electron chi connectivity index (χ0n) is 17.1. The van der Waals surface area contributed by atoms with Crippen molar-refractivity contribution in [1.82, 2.24) is 0 Å². The summed E-state index contributed by atoms with van der Waals surface area (Å²) >= 11 is 5.31. The van der Waals surface area contributed by atoms with Crippen LogP contribution >= 0.6 is 11.6 Å². The second kappa shape index (κ2) is 8.75. The van der Waals surface area contributed by atoms with Crippen molar-refractivity contribution in [2.75, 3.05) is 0 Å². The molecule has 3 rings (SSSR count). The average Bonchev–Trinajstić information content (AvgIpc) is 3.27. The van der Waals surface area contributed by atoms with Crippen LogP contribution in [0.1, 0.15) is 25.5 Å². The van der Waals surface area contributed by atoms with Crippen molar-refractivity contribution in [3.8, 4) is 23.3 Å². The molecule has 0 spiro atoms. The number of carbonyl (C=O) groups excluding carboxylic acids is 1. The van der Waals surface area contributed by atoms with Gasteiger partial charge < -0.3 is 14.6 Å². The van der Waals surface area contributed by atoms with E-state index in [1.807, 2.05) is 6.07 Å². The van der Waals surface area contributed by atoms with Crippen molar-refractivity contribution in [3.05, 3.63) is 65.2 Å². The number of allylic oxidation sites excluding steroid dienone is 2. The largest absolute Gasteiger partial charge is 0.508 e. The molecule has 0 radical (unpaired) electrons.